The number of rotatable bonds is 7. The second kappa shape index (κ2) is 7.71. The zero-order valence-electron chi connectivity index (χ0n) is 11.4. The van der Waals surface area contributed by atoms with Crippen molar-refractivity contribution < 1.29 is 9.53 Å². The molecule has 1 aromatic rings. The van der Waals surface area contributed by atoms with Crippen molar-refractivity contribution in [3.8, 4) is 5.75 Å². The van der Waals surface area contributed by atoms with Crippen molar-refractivity contribution in [1.29, 1.82) is 0 Å². The fourth-order valence-corrected chi connectivity index (χ4v) is 1.63. The van der Waals surface area contributed by atoms with Crippen molar-refractivity contribution in [2.24, 2.45) is 0 Å². The minimum Gasteiger partial charge on any atom is -0.493 e. The minimum atomic E-state index is -0.0715. The fourth-order valence-electron chi connectivity index (χ4n) is 1.63. The Kier molecular flexibility index (Phi) is 6.22. The van der Waals surface area contributed by atoms with Gasteiger partial charge >= 0.3 is 0 Å². The van der Waals surface area contributed by atoms with E-state index in [1.54, 1.807) is 6.07 Å². The van der Waals surface area contributed by atoms with Crippen LogP contribution in [0.4, 0.5) is 0 Å². The maximum Gasteiger partial charge on any atom is 0.255 e. The first-order valence-electron chi connectivity index (χ1n) is 6.30. The summed E-state index contributed by atoms with van der Waals surface area (Å²) in [4.78, 5) is 14.1. The van der Waals surface area contributed by atoms with Crippen LogP contribution in [0.2, 0.25) is 0 Å². The van der Waals surface area contributed by atoms with Crippen LogP contribution in [0.3, 0.4) is 0 Å². The van der Waals surface area contributed by atoms with Crippen LogP contribution in [-0.4, -0.2) is 44.6 Å². The summed E-state index contributed by atoms with van der Waals surface area (Å²) in [5, 5.41) is 2.91. The predicted octanol–water partition coefficient (Wildman–Crippen LogP) is 1.77. The molecular formula is C14H22N2O2. The van der Waals surface area contributed by atoms with Crippen LogP contribution in [0.15, 0.2) is 24.3 Å². The molecule has 0 spiro atoms. The Morgan fingerprint density at radius 3 is 2.72 bits per heavy atom. The SMILES string of the molecule is CCOc1ccccc1C(=O)NCCCN(C)C. The van der Waals surface area contributed by atoms with Crippen molar-refractivity contribution in [2.75, 3.05) is 33.8 Å². The minimum absolute atomic E-state index is 0.0715. The molecule has 0 radical (unpaired) electrons. The van der Waals surface area contributed by atoms with Crippen molar-refractivity contribution in [2.45, 2.75) is 13.3 Å². The van der Waals surface area contributed by atoms with Crippen LogP contribution in [-0.2, 0) is 0 Å². The van der Waals surface area contributed by atoms with Crippen molar-refractivity contribution in [1.82, 2.24) is 10.2 Å². The Morgan fingerprint density at radius 2 is 2.06 bits per heavy atom. The van der Waals surface area contributed by atoms with E-state index >= 15 is 0 Å². The van der Waals surface area contributed by atoms with Gasteiger partial charge < -0.3 is 15.0 Å². The van der Waals surface area contributed by atoms with Gasteiger partial charge in [0, 0.05) is 6.54 Å². The zero-order chi connectivity index (χ0) is 13.4. The molecule has 0 saturated heterocycles. The molecule has 0 fully saturated rings. The van der Waals surface area contributed by atoms with E-state index in [1.807, 2.05) is 39.2 Å². The van der Waals surface area contributed by atoms with Crippen molar-refractivity contribution in [3.05, 3.63) is 29.8 Å². The van der Waals surface area contributed by atoms with E-state index < -0.39 is 0 Å². The van der Waals surface area contributed by atoms with Gasteiger partial charge in [0.2, 0.25) is 0 Å². The van der Waals surface area contributed by atoms with Crippen molar-refractivity contribution in [3.63, 3.8) is 0 Å². The average Bonchev–Trinajstić information content (AvgIpc) is 2.35. The molecule has 1 rings (SSSR count). The average molecular weight is 250 g/mol. The normalized spacial score (nSPS) is 10.4. The van der Waals surface area contributed by atoms with Gasteiger partial charge in [0.25, 0.3) is 5.91 Å². The topological polar surface area (TPSA) is 41.6 Å². The molecule has 0 aromatic heterocycles. The second-order valence-corrected chi connectivity index (χ2v) is 4.34. The maximum absolute atomic E-state index is 12.0. The van der Waals surface area contributed by atoms with Gasteiger partial charge in [-0.25, -0.2) is 0 Å². The third-order valence-corrected chi connectivity index (χ3v) is 2.50. The fraction of sp³-hybridized carbons (Fsp3) is 0.500. The first-order valence-corrected chi connectivity index (χ1v) is 6.30. The number of hydrogen-bond acceptors (Lipinski definition) is 3. The van der Waals surface area contributed by atoms with Crippen LogP contribution in [0, 0.1) is 0 Å². The highest BCUT2D eigenvalue weighted by molar-refractivity contribution is 5.96. The third kappa shape index (κ3) is 4.75. The Balaban J connectivity index is 2.50. The Bertz CT molecular complexity index is 378. The number of nitrogens with one attached hydrogen (secondary N) is 1. The van der Waals surface area contributed by atoms with Gasteiger partial charge in [-0.3, -0.25) is 4.79 Å². The first kappa shape index (κ1) is 14.5. The van der Waals surface area contributed by atoms with Gasteiger partial charge in [0.1, 0.15) is 5.75 Å². The van der Waals surface area contributed by atoms with Gasteiger partial charge in [-0.1, -0.05) is 12.1 Å². The molecule has 0 unspecified atom stereocenters. The number of amides is 1. The predicted molar refractivity (Wildman–Crippen MR) is 73.1 cm³/mol. The molecule has 0 atom stereocenters. The molecule has 4 nitrogen and oxygen atoms in total. The summed E-state index contributed by atoms with van der Waals surface area (Å²) < 4.78 is 5.43. The van der Waals surface area contributed by atoms with Crippen LogP contribution < -0.4 is 10.1 Å². The molecule has 100 valence electrons. The number of para-hydroxylation sites is 1. The summed E-state index contributed by atoms with van der Waals surface area (Å²) in [6.07, 6.45) is 0.940. The first-order chi connectivity index (χ1) is 8.65. The van der Waals surface area contributed by atoms with Gasteiger partial charge in [-0.2, -0.15) is 0 Å². The molecule has 1 amide bonds. The Labute approximate surface area is 109 Å². The summed E-state index contributed by atoms with van der Waals surface area (Å²) >= 11 is 0. The summed E-state index contributed by atoms with van der Waals surface area (Å²) in [7, 11) is 4.04. The number of carbonyl (C=O) groups excluding carboxylic acids is 1. The largest absolute Gasteiger partial charge is 0.493 e. The van der Waals surface area contributed by atoms with Crippen LogP contribution in [0.1, 0.15) is 23.7 Å². The highest BCUT2D eigenvalue weighted by Gasteiger charge is 2.10. The molecule has 0 saturated carbocycles. The van der Waals surface area contributed by atoms with Gasteiger partial charge in [-0.05, 0) is 46.1 Å². The number of ether oxygens (including phenoxy) is 1. The molecule has 0 bridgehead atoms. The van der Waals surface area contributed by atoms with E-state index in [-0.39, 0.29) is 5.91 Å². The van der Waals surface area contributed by atoms with E-state index in [4.69, 9.17) is 4.74 Å². The lowest BCUT2D eigenvalue weighted by Gasteiger charge is -2.12. The van der Waals surface area contributed by atoms with E-state index in [0.29, 0.717) is 24.5 Å². The summed E-state index contributed by atoms with van der Waals surface area (Å²) in [5.41, 5.74) is 0.601. The van der Waals surface area contributed by atoms with Gasteiger partial charge in [0.15, 0.2) is 0 Å². The molecule has 1 aromatic carbocycles. The molecule has 1 N–H and O–H groups in total. The third-order valence-electron chi connectivity index (χ3n) is 2.50. The Morgan fingerprint density at radius 1 is 1.33 bits per heavy atom. The lowest BCUT2D eigenvalue weighted by atomic mass is 10.2. The van der Waals surface area contributed by atoms with E-state index in [2.05, 4.69) is 10.2 Å². The molecule has 0 aliphatic heterocycles. The zero-order valence-corrected chi connectivity index (χ0v) is 11.4. The molecular weight excluding hydrogens is 228 g/mol. The number of benzene rings is 1. The number of carbonyl (C=O) groups is 1. The maximum atomic E-state index is 12.0. The highest BCUT2D eigenvalue weighted by Crippen LogP contribution is 2.17. The van der Waals surface area contributed by atoms with Gasteiger partial charge in [-0.15, -0.1) is 0 Å². The second-order valence-electron chi connectivity index (χ2n) is 4.34. The van der Waals surface area contributed by atoms with E-state index in [1.165, 1.54) is 0 Å². The molecule has 0 aliphatic rings. The number of nitrogens with zero attached hydrogens (tertiary/aromatic N) is 1. The molecule has 18 heavy (non-hydrogen) atoms. The van der Waals surface area contributed by atoms with Crippen LogP contribution >= 0.6 is 0 Å². The molecule has 0 aliphatic carbocycles. The van der Waals surface area contributed by atoms with Crippen LogP contribution in [0.25, 0.3) is 0 Å². The van der Waals surface area contributed by atoms with Gasteiger partial charge in [0.05, 0.1) is 12.2 Å². The van der Waals surface area contributed by atoms with E-state index in [9.17, 15) is 4.79 Å². The quantitative estimate of drug-likeness (QED) is 0.750. The lowest BCUT2D eigenvalue weighted by molar-refractivity contribution is 0.0948. The molecule has 0 heterocycles. The monoisotopic (exact) mass is 250 g/mol. The van der Waals surface area contributed by atoms with Crippen LogP contribution in [0.5, 0.6) is 5.75 Å². The lowest BCUT2D eigenvalue weighted by Crippen LogP contribution is -2.27. The summed E-state index contributed by atoms with van der Waals surface area (Å²) in [6, 6.07) is 7.32. The molecule has 4 heteroatoms. The Hall–Kier alpha value is -1.55. The standard InChI is InChI=1S/C14H22N2O2/c1-4-18-13-9-6-5-8-12(13)14(17)15-10-7-11-16(2)3/h5-6,8-9H,4,7,10-11H2,1-3H3,(H,15,17). The summed E-state index contributed by atoms with van der Waals surface area (Å²) in [6.45, 7) is 4.11. The smallest absolute Gasteiger partial charge is 0.255 e. The summed E-state index contributed by atoms with van der Waals surface area (Å²) in [5.74, 6) is 0.572. The van der Waals surface area contributed by atoms with E-state index in [0.717, 1.165) is 13.0 Å². The van der Waals surface area contributed by atoms with Crippen molar-refractivity contribution >= 4 is 5.91 Å². The number of hydrogen-bond donors (Lipinski definition) is 1. The highest BCUT2D eigenvalue weighted by atomic mass is 16.5.